The van der Waals surface area contributed by atoms with Crippen LogP contribution in [0.4, 0.5) is 5.82 Å². The molecule has 0 spiro atoms. The Kier molecular flexibility index (Phi) is 5.24. The number of nitrogens with zero attached hydrogens (tertiary/aromatic N) is 6. The number of benzene rings is 2. The molecule has 0 unspecified atom stereocenters. The zero-order valence-corrected chi connectivity index (χ0v) is 19.4. The lowest BCUT2D eigenvalue weighted by atomic mass is 10.1. The molecule has 7 heteroatoms. The topological polar surface area (TPSA) is 67.2 Å². The average molecular weight is 453 g/mol. The molecule has 0 N–H and O–H groups in total. The van der Waals surface area contributed by atoms with Crippen LogP contribution in [0.15, 0.2) is 60.7 Å². The van der Waals surface area contributed by atoms with Crippen molar-refractivity contribution in [2.24, 2.45) is 5.92 Å². The predicted octanol–water partition coefficient (Wildman–Crippen LogP) is 3.77. The van der Waals surface area contributed by atoms with Crippen molar-refractivity contribution in [2.75, 3.05) is 31.1 Å². The van der Waals surface area contributed by atoms with Crippen LogP contribution < -0.4 is 4.90 Å². The Bertz CT molecular complexity index is 1320. The number of amides is 1. The molecule has 1 aliphatic carbocycles. The second kappa shape index (κ2) is 8.56. The smallest absolute Gasteiger partial charge is 0.225 e. The van der Waals surface area contributed by atoms with Gasteiger partial charge in [0.25, 0.3) is 0 Å². The number of hydrogen-bond donors (Lipinski definition) is 0. The summed E-state index contributed by atoms with van der Waals surface area (Å²) in [6.45, 7) is 5.04. The van der Waals surface area contributed by atoms with Crippen molar-refractivity contribution in [1.29, 1.82) is 0 Å². The molecule has 0 atom stereocenters. The molecule has 3 heterocycles. The van der Waals surface area contributed by atoms with Gasteiger partial charge in [0.05, 0.1) is 16.8 Å². The van der Waals surface area contributed by atoms with E-state index in [0.717, 1.165) is 73.1 Å². The number of rotatable bonds is 5. The number of piperazine rings is 1. The zero-order valence-electron chi connectivity index (χ0n) is 19.4. The third kappa shape index (κ3) is 3.91. The summed E-state index contributed by atoms with van der Waals surface area (Å²) in [6.07, 6.45) is 2.75. The molecule has 0 bridgehead atoms. The maximum atomic E-state index is 12.6. The SMILES string of the molecule is Cc1nn(-c2ccccc2)c2nc(Cc3ccccc3)nc(N3CCN(C(=O)C4CC4)CC3)c12. The Hall–Kier alpha value is -3.74. The lowest BCUT2D eigenvalue weighted by Crippen LogP contribution is -2.49. The van der Waals surface area contributed by atoms with E-state index < -0.39 is 0 Å². The summed E-state index contributed by atoms with van der Waals surface area (Å²) in [4.78, 5) is 26.9. The number of para-hydroxylation sites is 1. The molecular formula is C27H28N6O. The van der Waals surface area contributed by atoms with E-state index in [9.17, 15) is 4.79 Å². The van der Waals surface area contributed by atoms with Gasteiger partial charge in [0.1, 0.15) is 11.6 Å². The van der Waals surface area contributed by atoms with E-state index in [-0.39, 0.29) is 5.92 Å². The molecular weight excluding hydrogens is 424 g/mol. The monoisotopic (exact) mass is 452 g/mol. The van der Waals surface area contributed by atoms with Crippen LogP contribution in [0.2, 0.25) is 0 Å². The van der Waals surface area contributed by atoms with E-state index in [1.807, 2.05) is 65.0 Å². The number of fused-ring (bicyclic) bond motifs is 1. The number of carbonyl (C=O) groups is 1. The first-order valence-electron chi connectivity index (χ1n) is 12.1. The zero-order chi connectivity index (χ0) is 23.1. The van der Waals surface area contributed by atoms with Crippen LogP contribution in [-0.4, -0.2) is 56.7 Å². The second-order valence-electron chi connectivity index (χ2n) is 9.24. The quantitative estimate of drug-likeness (QED) is 0.461. The van der Waals surface area contributed by atoms with Crippen molar-refractivity contribution >= 4 is 22.8 Å². The molecule has 1 amide bonds. The van der Waals surface area contributed by atoms with Crippen molar-refractivity contribution < 1.29 is 4.79 Å². The molecule has 34 heavy (non-hydrogen) atoms. The van der Waals surface area contributed by atoms with Crippen LogP contribution >= 0.6 is 0 Å². The summed E-state index contributed by atoms with van der Waals surface area (Å²) < 4.78 is 1.93. The largest absolute Gasteiger partial charge is 0.352 e. The average Bonchev–Trinajstić information content (AvgIpc) is 3.68. The molecule has 2 aromatic heterocycles. The van der Waals surface area contributed by atoms with E-state index in [1.54, 1.807) is 0 Å². The van der Waals surface area contributed by atoms with Crippen LogP contribution in [0.1, 0.15) is 29.9 Å². The van der Waals surface area contributed by atoms with Crippen molar-refractivity contribution in [2.45, 2.75) is 26.2 Å². The van der Waals surface area contributed by atoms with Gasteiger partial charge in [-0.25, -0.2) is 14.6 Å². The van der Waals surface area contributed by atoms with Crippen LogP contribution in [0.5, 0.6) is 0 Å². The van der Waals surface area contributed by atoms with Gasteiger partial charge >= 0.3 is 0 Å². The van der Waals surface area contributed by atoms with Gasteiger partial charge in [0, 0.05) is 38.5 Å². The lowest BCUT2D eigenvalue weighted by Gasteiger charge is -2.36. The minimum absolute atomic E-state index is 0.265. The Balaban J connectivity index is 1.41. The first-order valence-corrected chi connectivity index (χ1v) is 12.1. The lowest BCUT2D eigenvalue weighted by molar-refractivity contribution is -0.132. The van der Waals surface area contributed by atoms with E-state index in [2.05, 4.69) is 17.0 Å². The molecule has 4 aromatic rings. The number of aryl methyl sites for hydroxylation is 1. The van der Waals surface area contributed by atoms with Crippen molar-refractivity contribution in [1.82, 2.24) is 24.6 Å². The molecule has 2 aromatic carbocycles. The molecule has 7 nitrogen and oxygen atoms in total. The highest BCUT2D eigenvalue weighted by Gasteiger charge is 2.35. The second-order valence-corrected chi connectivity index (χ2v) is 9.24. The minimum atomic E-state index is 0.265. The van der Waals surface area contributed by atoms with Gasteiger partial charge in [-0.1, -0.05) is 48.5 Å². The third-order valence-electron chi connectivity index (χ3n) is 6.75. The molecule has 0 radical (unpaired) electrons. The molecule has 1 aliphatic heterocycles. The van der Waals surface area contributed by atoms with E-state index >= 15 is 0 Å². The number of aromatic nitrogens is 4. The fourth-order valence-electron chi connectivity index (χ4n) is 4.77. The van der Waals surface area contributed by atoms with Crippen molar-refractivity contribution in [3.8, 4) is 5.69 Å². The number of anilines is 1. The highest BCUT2D eigenvalue weighted by molar-refractivity contribution is 5.91. The third-order valence-corrected chi connectivity index (χ3v) is 6.75. The van der Waals surface area contributed by atoms with Gasteiger partial charge in [-0.05, 0) is 37.5 Å². The van der Waals surface area contributed by atoms with Crippen molar-refractivity contribution in [3.05, 3.63) is 77.7 Å². The van der Waals surface area contributed by atoms with Gasteiger partial charge in [0.2, 0.25) is 5.91 Å². The summed E-state index contributed by atoms with van der Waals surface area (Å²) in [5.41, 5.74) is 3.90. The highest BCUT2D eigenvalue weighted by Crippen LogP contribution is 2.33. The number of hydrogen-bond acceptors (Lipinski definition) is 5. The fraction of sp³-hybridized carbons (Fsp3) is 0.333. The van der Waals surface area contributed by atoms with E-state index in [0.29, 0.717) is 12.3 Å². The summed E-state index contributed by atoms with van der Waals surface area (Å²) in [5.74, 6) is 2.29. The standard InChI is InChI=1S/C27H28N6O/c1-19-24-25(31-14-16-32(17-15-31)27(34)21-12-13-21)28-23(18-20-8-4-2-5-9-20)29-26(24)33(30-19)22-10-6-3-7-11-22/h2-11,21H,12-18H2,1H3. The van der Waals surface area contributed by atoms with Gasteiger partial charge < -0.3 is 9.80 Å². The molecule has 1 saturated heterocycles. The first-order chi connectivity index (χ1) is 16.7. The minimum Gasteiger partial charge on any atom is -0.352 e. The predicted molar refractivity (Wildman–Crippen MR) is 132 cm³/mol. The summed E-state index contributed by atoms with van der Waals surface area (Å²) in [5, 5.41) is 5.85. The van der Waals surface area contributed by atoms with Gasteiger partial charge in [0.15, 0.2) is 5.65 Å². The molecule has 2 fully saturated rings. The van der Waals surface area contributed by atoms with Gasteiger partial charge in [-0.15, -0.1) is 0 Å². The Morgan fingerprint density at radius 2 is 1.59 bits per heavy atom. The van der Waals surface area contributed by atoms with Gasteiger partial charge in [-0.2, -0.15) is 5.10 Å². The van der Waals surface area contributed by atoms with Crippen LogP contribution in [0.25, 0.3) is 16.7 Å². The molecule has 172 valence electrons. The maximum absolute atomic E-state index is 12.6. The van der Waals surface area contributed by atoms with Gasteiger partial charge in [-0.3, -0.25) is 4.79 Å². The maximum Gasteiger partial charge on any atom is 0.225 e. The molecule has 2 aliphatic rings. The molecule has 6 rings (SSSR count). The Morgan fingerprint density at radius 1 is 0.912 bits per heavy atom. The van der Waals surface area contributed by atoms with E-state index in [4.69, 9.17) is 15.1 Å². The highest BCUT2D eigenvalue weighted by atomic mass is 16.2. The van der Waals surface area contributed by atoms with Crippen molar-refractivity contribution in [3.63, 3.8) is 0 Å². The normalized spacial score (nSPS) is 16.3. The summed E-state index contributed by atoms with van der Waals surface area (Å²) in [6, 6.07) is 20.5. The fourth-order valence-corrected chi connectivity index (χ4v) is 4.77. The number of carbonyl (C=O) groups excluding carboxylic acids is 1. The van der Waals surface area contributed by atoms with Crippen LogP contribution in [0, 0.1) is 12.8 Å². The van der Waals surface area contributed by atoms with E-state index in [1.165, 1.54) is 5.56 Å². The Labute approximate surface area is 199 Å². The summed E-state index contributed by atoms with van der Waals surface area (Å²) >= 11 is 0. The van der Waals surface area contributed by atoms with Crippen LogP contribution in [0.3, 0.4) is 0 Å². The summed E-state index contributed by atoms with van der Waals surface area (Å²) in [7, 11) is 0. The van der Waals surface area contributed by atoms with Crippen LogP contribution in [-0.2, 0) is 11.2 Å². The molecule has 1 saturated carbocycles. The Morgan fingerprint density at radius 3 is 2.26 bits per heavy atom. The first kappa shape index (κ1) is 20.8.